The number of halogens is 1. The molecule has 0 aromatic heterocycles. The summed E-state index contributed by atoms with van der Waals surface area (Å²) >= 11 is 0. The molecule has 2 N–H and O–H groups in total. The maximum Gasteiger partial charge on any atom is 0.191 e. The first-order chi connectivity index (χ1) is 13.7. The third-order valence-electron chi connectivity index (χ3n) is 5.13. The van der Waals surface area contributed by atoms with Crippen LogP contribution in [0.1, 0.15) is 30.9 Å². The van der Waals surface area contributed by atoms with Gasteiger partial charge in [0.05, 0.1) is 0 Å². The van der Waals surface area contributed by atoms with Gasteiger partial charge in [0, 0.05) is 38.8 Å². The predicted octanol–water partition coefficient (Wildman–Crippen LogP) is 3.59. The number of guanidine groups is 1. The first kappa shape index (κ1) is 20.3. The zero-order valence-electron chi connectivity index (χ0n) is 16.7. The highest BCUT2D eigenvalue weighted by Gasteiger charge is 2.20. The minimum Gasteiger partial charge on any atom is -0.357 e. The number of nitrogens with zero attached hydrogens (tertiary/aromatic N) is 2. The molecular weight excluding hydrogens is 351 g/mol. The van der Waals surface area contributed by atoms with E-state index in [9.17, 15) is 4.39 Å². The molecule has 4 nitrogen and oxygen atoms in total. The maximum atomic E-state index is 13.7. The highest BCUT2D eigenvalue weighted by molar-refractivity contribution is 5.80. The van der Waals surface area contributed by atoms with E-state index in [1.807, 2.05) is 12.1 Å². The molecule has 0 aliphatic carbocycles. The number of piperidine rings is 1. The summed E-state index contributed by atoms with van der Waals surface area (Å²) in [6, 6.07) is 18.0. The molecule has 5 heteroatoms. The van der Waals surface area contributed by atoms with Gasteiger partial charge in [-0.15, -0.1) is 0 Å². The average molecular weight is 383 g/mol. The summed E-state index contributed by atoms with van der Waals surface area (Å²) in [5, 5.41) is 6.87. The second kappa shape index (κ2) is 10.8. The molecule has 0 spiro atoms. The lowest BCUT2D eigenvalue weighted by Gasteiger charge is -2.33. The Labute approximate surface area is 167 Å². The molecule has 0 bridgehead atoms. The SMILES string of the molecule is CCNC(=NCCc1ccccc1F)NC1CCN(Cc2ccccc2)CC1. The molecule has 0 radical (unpaired) electrons. The lowest BCUT2D eigenvalue weighted by Crippen LogP contribution is -2.48. The Kier molecular flexibility index (Phi) is 7.85. The van der Waals surface area contributed by atoms with Crippen LogP contribution in [0.15, 0.2) is 59.6 Å². The van der Waals surface area contributed by atoms with Crippen LogP contribution in [0.4, 0.5) is 4.39 Å². The van der Waals surface area contributed by atoms with E-state index in [2.05, 4.69) is 57.8 Å². The predicted molar refractivity (Wildman–Crippen MR) is 114 cm³/mol. The first-order valence-electron chi connectivity index (χ1n) is 10.3. The van der Waals surface area contributed by atoms with Crippen molar-refractivity contribution in [3.8, 4) is 0 Å². The van der Waals surface area contributed by atoms with E-state index in [-0.39, 0.29) is 5.82 Å². The van der Waals surface area contributed by atoms with Crippen LogP contribution in [0.3, 0.4) is 0 Å². The molecule has 0 atom stereocenters. The Morgan fingerprint density at radius 3 is 2.50 bits per heavy atom. The molecule has 0 amide bonds. The molecular formula is C23H31FN4. The smallest absolute Gasteiger partial charge is 0.191 e. The number of aliphatic imine (C=N–C) groups is 1. The van der Waals surface area contributed by atoms with Gasteiger partial charge in [-0.25, -0.2) is 4.39 Å². The third kappa shape index (κ3) is 6.34. The molecule has 1 saturated heterocycles. The van der Waals surface area contributed by atoms with Gasteiger partial charge in [0.15, 0.2) is 5.96 Å². The zero-order chi connectivity index (χ0) is 19.6. The summed E-state index contributed by atoms with van der Waals surface area (Å²) in [4.78, 5) is 7.15. The van der Waals surface area contributed by atoms with Crippen molar-refractivity contribution in [3.63, 3.8) is 0 Å². The van der Waals surface area contributed by atoms with E-state index in [0.717, 1.165) is 50.5 Å². The normalized spacial score (nSPS) is 16.1. The second-order valence-corrected chi connectivity index (χ2v) is 7.28. The summed E-state index contributed by atoms with van der Waals surface area (Å²) in [6.45, 7) is 6.64. The van der Waals surface area contributed by atoms with Crippen molar-refractivity contribution in [2.75, 3.05) is 26.2 Å². The molecule has 2 aromatic carbocycles. The van der Waals surface area contributed by atoms with Crippen LogP contribution >= 0.6 is 0 Å². The molecule has 28 heavy (non-hydrogen) atoms. The first-order valence-corrected chi connectivity index (χ1v) is 10.3. The summed E-state index contributed by atoms with van der Waals surface area (Å²) in [6.07, 6.45) is 2.81. The quantitative estimate of drug-likeness (QED) is 0.568. The Morgan fingerprint density at radius 1 is 1.07 bits per heavy atom. The van der Waals surface area contributed by atoms with Gasteiger partial charge in [0.25, 0.3) is 0 Å². The minimum atomic E-state index is -0.151. The zero-order valence-corrected chi connectivity index (χ0v) is 16.7. The number of benzene rings is 2. The lowest BCUT2D eigenvalue weighted by molar-refractivity contribution is 0.198. The van der Waals surface area contributed by atoms with Gasteiger partial charge >= 0.3 is 0 Å². The standard InChI is InChI=1S/C23H31FN4/c1-2-25-23(26-15-12-20-10-6-7-11-22(20)24)27-21-13-16-28(17-14-21)18-19-8-4-3-5-9-19/h3-11,21H,2,12-18H2,1H3,(H2,25,26,27). The van der Waals surface area contributed by atoms with Crippen LogP contribution in [0.2, 0.25) is 0 Å². The highest BCUT2D eigenvalue weighted by atomic mass is 19.1. The molecule has 2 aromatic rings. The van der Waals surface area contributed by atoms with Gasteiger partial charge in [0.2, 0.25) is 0 Å². The van der Waals surface area contributed by atoms with E-state index in [1.54, 1.807) is 6.07 Å². The van der Waals surface area contributed by atoms with E-state index < -0.39 is 0 Å². The average Bonchev–Trinajstić information content (AvgIpc) is 2.72. The summed E-state index contributed by atoms with van der Waals surface area (Å²) < 4.78 is 13.7. The number of hydrogen-bond acceptors (Lipinski definition) is 2. The van der Waals surface area contributed by atoms with Crippen LogP contribution in [0, 0.1) is 5.82 Å². The third-order valence-corrected chi connectivity index (χ3v) is 5.13. The number of rotatable bonds is 7. The van der Waals surface area contributed by atoms with Gasteiger partial charge in [-0.3, -0.25) is 9.89 Å². The Balaban J connectivity index is 1.46. The van der Waals surface area contributed by atoms with Crippen molar-refractivity contribution >= 4 is 5.96 Å². The monoisotopic (exact) mass is 382 g/mol. The highest BCUT2D eigenvalue weighted by Crippen LogP contribution is 2.14. The molecule has 0 saturated carbocycles. The molecule has 0 unspecified atom stereocenters. The largest absolute Gasteiger partial charge is 0.357 e. The van der Waals surface area contributed by atoms with Crippen molar-refractivity contribution in [1.82, 2.24) is 15.5 Å². The molecule has 1 fully saturated rings. The molecule has 1 aliphatic rings. The second-order valence-electron chi connectivity index (χ2n) is 7.28. The van der Waals surface area contributed by atoms with Crippen molar-refractivity contribution in [3.05, 3.63) is 71.5 Å². The van der Waals surface area contributed by atoms with Gasteiger partial charge in [0.1, 0.15) is 5.82 Å². The maximum absolute atomic E-state index is 13.7. The number of nitrogens with one attached hydrogen (secondary N) is 2. The van der Waals surface area contributed by atoms with E-state index in [4.69, 9.17) is 0 Å². The minimum absolute atomic E-state index is 0.151. The van der Waals surface area contributed by atoms with Gasteiger partial charge in [-0.1, -0.05) is 48.5 Å². The molecule has 150 valence electrons. The van der Waals surface area contributed by atoms with Crippen LogP contribution in [-0.4, -0.2) is 43.1 Å². The van der Waals surface area contributed by atoms with Gasteiger partial charge in [-0.05, 0) is 43.4 Å². The Bertz CT molecular complexity index is 739. The lowest BCUT2D eigenvalue weighted by atomic mass is 10.0. The van der Waals surface area contributed by atoms with Crippen LogP contribution in [0.25, 0.3) is 0 Å². The van der Waals surface area contributed by atoms with Crippen LogP contribution in [-0.2, 0) is 13.0 Å². The van der Waals surface area contributed by atoms with Crippen LogP contribution in [0.5, 0.6) is 0 Å². The van der Waals surface area contributed by atoms with Crippen molar-refractivity contribution in [2.24, 2.45) is 4.99 Å². The summed E-state index contributed by atoms with van der Waals surface area (Å²) in [7, 11) is 0. The molecule has 3 rings (SSSR count). The van der Waals surface area contributed by atoms with E-state index in [0.29, 0.717) is 19.0 Å². The fourth-order valence-corrected chi connectivity index (χ4v) is 3.58. The van der Waals surface area contributed by atoms with E-state index >= 15 is 0 Å². The van der Waals surface area contributed by atoms with Crippen molar-refractivity contribution < 1.29 is 4.39 Å². The van der Waals surface area contributed by atoms with Crippen molar-refractivity contribution in [2.45, 2.75) is 38.8 Å². The topological polar surface area (TPSA) is 39.7 Å². The number of hydrogen-bond donors (Lipinski definition) is 2. The summed E-state index contributed by atoms with van der Waals surface area (Å²) in [5.41, 5.74) is 2.09. The Hall–Kier alpha value is -2.40. The van der Waals surface area contributed by atoms with Gasteiger partial charge in [-0.2, -0.15) is 0 Å². The number of likely N-dealkylation sites (tertiary alicyclic amines) is 1. The van der Waals surface area contributed by atoms with Crippen LogP contribution < -0.4 is 10.6 Å². The fraction of sp³-hybridized carbons (Fsp3) is 0.435. The molecule has 1 aliphatic heterocycles. The van der Waals surface area contributed by atoms with Crippen molar-refractivity contribution in [1.29, 1.82) is 0 Å². The van der Waals surface area contributed by atoms with E-state index in [1.165, 1.54) is 11.6 Å². The van der Waals surface area contributed by atoms with Gasteiger partial charge < -0.3 is 10.6 Å². The fourth-order valence-electron chi connectivity index (χ4n) is 3.58. The summed E-state index contributed by atoms with van der Waals surface area (Å²) in [5.74, 6) is 0.682. The molecule has 1 heterocycles. The Morgan fingerprint density at radius 2 is 1.79 bits per heavy atom.